The zero-order valence-electron chi connectivity index (χ0n) is 10.9. The van der Waals surface area contributed by atoms with Crippen LogP contribution in [0.4, 0.5) is 8.78 Å². The van der Waals surface area contributed by atoms with Gasteiger partial charge >= 0.3 is 0 Å². The van der Waals surface area contributed by atoms with Gasteiger partial charge in [0.05, 0.1) is 6.10 Å². The van der Waals surface area contributed by atoms with Gasteiger partial charge in [-0.2, -0.15) is 4.98 Å². The van der Waals surface area contributed by atoms with E-state index in [-0.39, 0.29) is 12.1 Å². The fourth-order valence-electron chi connectivity index (χ4n) is 1.76. The quantitative estimate of drug-likeness (QED) is 0.787. The van der Waals surface area contributed by atoms with Crippen LogP contribution in [-0.2, 0) is 6.42 Å². The largest absolute Gasteiger partial charge is 0.387 e. The van der Waals surface area contributed by atoms with Crippen molar-refractivity contribution in [2.45, 2.75) is 19.4 Å². The average Bonchev–Trinajstić information content (AvgIpc) is 2.83. The zero-order chi connectivity index (χ0) is 14.5. The van der Waals surface area contributed by atoms with Crippen molar-refractivity contribution in [3.8, 4) is 0 Å². The highest BCUT2D eigenvalue weighted by Gasteiger charge is 2.13. The van der Waals surface area contributed by atoms with Crippen molar-refractivity contribution in [3.05, 3.63) is 47.1 Å². The Bertz CT molecular complexity index is 574. The molecular formula is C13H15F2N3O2. The highest BCUT2D eigenvalue weighted by Crippen LogP contribution is 2.17. The van der Waals surface area contributed by atoms with Crippen molar-refractivity contribution < 1.29 is 18.4 Å². The number of aromatic nitrogens is 2. The molecule has 2 N–H and O–H groups in total. The number of nitrogens with zero attached hydrogens (tertiary/aromatic N) is 2. The Morgan fingerprint density at radius 1 is 1.40 bits per heavy atom. The monoisotopic (exact) mass is 283 g/mol. The Kier molecular flexibility index (Phi) is 4.75. The summed E-state index contributed by atoms with van der Waals surface area (Å²) < 4.78 is 31.3. The van der Waals surface area contributed by atoms with E-state index in [0.29, 0.717) is 24.7 Å². The Labute approximate surface area is 114 Å². The lowest BCUT2D eigenvalue weighted by atomic mass is 10.1. The summed E-state index contributed by atoms with van der Waals surface area (Å²) in [5.74, 6) is -0.168. The molecule has 1 aromatic heterocycles. The summed E-state index contributed by atoms with van der Waals surface area (Å²) in [7, 11) is 0. The van der Waals surface area contributed by atoms with Crippen LogP contribution >= 0.6 is 0 Å². The first-order valence-corrected chi connectivity index (χ1v) is 6.19. The van der Waals surface area contributed by atoms with Gasteiger partial charge in [0.25, 0.3) is 0 Å². The topological polar surface area (TPSA) is 71.2 Å². The molecule has 2 aromatic rings. The van der Waals surface area contributed by atoms with Crippen molar-refractivity contribution in [2.24, 2.45) is 0 Å². The first kappa shape index (κ1) is 14.5. The van der Waals surface area contributed by atoms with E-state index in [4.69, 9.17) is 4.52 Å². The summed E-state index contributed by atoms with van der Waals surface area (Å²) in [6.45, 7) is 2.31. The molecule has 7 heteroatoms. The van der Waals surface area contributed by atoms with Crippen LogP contribution in [0.3, 0.4) is 0 Å². The highest BCUT2D eigenvalue weighted by molar-refractivity contribution is 5.21. The van der Waals surface area contributed by atoms with Crippen LogP contribution in [0.2, 0.25) is 0 Å². The molecule has 1 aromatic carbocycles. The van der Waals surface area contributed by atoms with Crippen LogP contribution in [0.5, 0.6) is 0 Å². The van der Waals surface area contributed by atoms with Crippen molar-refractivity contribution in [1.29, 1.82) is 0 Å². The summed E-state index contributed by atoms with van der Waals surface area (Å²) in [6, 6.07) is 3.00. The number of benzene rings is 1. The number of aryl methyl sites for hydroxylation is 1. The smallest absolute Gasteiger partial charge is 0.227 e. The molecule has 0 aliphatic heterocycles. The van der Waals surface area contributed by atoms with Crippen LogP contribution in [-0.4, -0.2) is 28.3 Å². The van der Waals surface area contributed by atoms with E-state index in [2.05, 4.69) is 15.5 Å². The Morgan fingerprint density at radius 3 is 2.90 bits per heavy atom. The molecule has 0 aliphatic carbocycles. The van der Waals surface area contributed by atoms with Gasteiger partial charge in [0.1, 0.15) is 11.6 Å². The third-order valence-corrected chi connectivity index (χ3v) is 2.74. The molecule has 0 fully saturated rings. The van der Waals surface area contributed by atoms with Gasteiger partial charge in [-0.1, -0.05) is 5.16 Å². The fourth-order valence-corrected chi connectivity index (χ4v) is 1.76. The summed E-state index contributed by atoms with van der Waals surface area (Å²) >= 11 is 0. The fraction of sp³-hybridized carbons (Fsp3) is 0.385. The minimum absolute atomic E-state index is 0.0638. The van der Waals surface area contributed by atoms with Crippen molar-refractivity contribution in [1.82, 2.24) is 15.5 Å². The maximum absolute atomic E-state index is 13.4. The van der Waals surface area contributed by atoms with E-state index in [1.807, 2.05) is 0 Å². The zero-order valence-corrected chi connectivity index (χ0v) is 10.9. The van der Waals surface area contributed by atoms with Gasteiger partial charge in [-0.15, -0.1) is 0 Å². The number of nitrogens with one attached hydrogen (secondary N) is 1. The standard InChI is InChI=1S/C13H15F2N3O2/c1-8-17-13(20-18-8)4-5-16-7-12(19)10-6-9(14)2-3-11(10)15/h2-3,6,12,16,19H,4-5,7H2,1H3. The van der Waals surface area contributed by atoms with Crippen molar-refractivity contribution in [2.75, 3.05) is 13.1 Å². The predicted molar refractivity (Wildman–Crippen MR) is 66.9 cm³/mol. The summed E-state index contributed by atoms with van der Waals surface area (Å²) in [5, 5.41) is 16.4. The minimum Gasteiger partial charge on any atom is -0.387 e. The molecule has 1 atom stereocenters. The average molecular weight is 283 g/mol. The van der Waals surface area contributed by atoms with Gasteiger partial charge in [-0.3, -0.25) is 0 Å². The molecular weight excluding hydrogens is 268 g/mol. The number of aliphatic hydroxyl groups is 1. The van der Waals surface area contributed by atoms with Gasteiger partial charge in [-0.05, 0) is 25.1 Å². The first-order chi connectivity index (χ1) is 9.56. The second-order valence-corrected chi connectivity index (χ2v) is 4.37. The van der Waals surface area contributed by atoms with Gasteiger partial charge in [0.15, 0.2) is 5.82 Å². The molecule has 2 rings (SSSR count). The SMILES string of the molecule is Cc1noc(CCNCC(O)c2cc(F)ccc2F)n1. The Morgan fingerprint density at radius 2 is 2.20 bits per heavy atom. The molecule has 20 heavy (non-hydrogen) atoms. The molecule has 0 amide bonds. The lowest BCUT2D eigenvalue weighted by molar-refractivity contribution is 0.169. The van der Waals surface area contributed by atoms with Gasteiger partial charge < -0.3 is 14.9 Å². The lowest BCUT2D eigenvalue weighted by Gasteiger charge is -2.12. The van der Waals surface area contributed by atoms with Gasteiger partial charge in [-0.25, -0.2) is 8.78 Å². The molecule has 0 aliphatic rings. The van der Waals surface area contributed by atoms with Crippen LogP contribution in [0.25, 0.3) is 0 Å². The molecule has 108 valence electrons. The van der Waals surface area contributed by atoms with Crippen LogP contribution < -0.4 is 5.32 Å². The minimum atomic E-state index is -1.12. The van der Waals surface area contributed by atoms with E-state index < -0.39 is 17.7 Å². The maximum atomic E-state index is 13.4. The number of rotatable bonds is 6. The van der Waals surface area contributed by atoms with Crippen molar-refractivity contribution >= 4 is 0 Å². The van der Waals surface area contributed by atoms with E-state index in [0.717, 1.165) is 18.2 Å². The number of hydrogen-bond acceptors (Lipinski definition) is 5. The number of halogens is 2. The molecule has 0 spiro atoms. The van der Waals surface area contributed by atoms with E-state index >= 15 is 0 Å². The number of hydrogen-bond donors (Lipinski definition) is 2. The highest BCUT2D eigenvalue weighted by atomic mass is 19.1. The molecule has 0 saturated heterocycles. The molecule has 5 nitrogen and oxygen atoms in total. The predicted octanol–water partition coefficient (Wildman–Crippen LogP) is 1.52. The third-order valence-electron chi connectivity index (χ3n) is 2.74. The molecule has 1 unspecified atom stereocenters. The van der Waals surface area contributed by atoms with E-state index in [1.165, 1.54) is 0 Å². The van der Waals surface area contributed by atoms with Crippen molar-refractivity contribution in [3.63, 3.8) is 0 Å². The molecule has 0 bridgehead atoms. The molecule has 0 saturated carbocycles. The number of aliphatic hydroxyl groups excluding tert-OH is 1. The van der Waals surface area contributed by atoms with E-state index in [1.54, 1.807) is 6.92 Å². The lowest BCUT2D eigenvalue weighted by Crippen LogP contribution is -2.24. The Balaban J connectivity index is 1.80. The second-order valence-electron chi connectivity index (χ2n) is 4.37. The van der Waals surface area contributed by atoms with E-state index in [9.17, 15) is 13.9 Å². The van der Waals surface area contributed by atoms with Gasteiger partial charge in [0, 0.05) is 25.1 Å². The second kappa shape index (κ2) is 6.53. The summed E-state index contributed by atoms with van der Waals surface area (Å²) in [6.07, 6.45) is -0.616. The van der Waals surface area contributed by atoms with Crippen LogP contribution in [0, 0.1) is 18.6 Å². The van der Waals surface area contributed by atoms with Crippen LogP contribution in [0.1, 0.15) is 23.4 Å². The summed E-state index contributed by atoms with van der Waals surface area (Å²) in [5.41, 5.74) is -0.0638. The van der Waals surface area contributed by atoms with Gasteiger partial charge in [0.2, 0.25) is 5.89 Å². The van der Waals surface area contributed by atoms with Crippen LogP contribution in [0.15, 0.2) is 22.7 Å². The molecule has 1 heterocycles. The summed E-state index contributed by atoms with van der Waals surface area (Å²) in [4.78, 5) is 4.02. The third kappa shape index (κ3) is 3.82. The molecule has 0 radical (unpaired) electrons. The Hall–Kier alpha value is -1.86. The first-order valence-electron chi connectivity index (χ1n) is 6.19. The normalized spacial score (nSPS) is 12.6. The maximum Gasteiger partial charge on any atom is 0.227 e.